The zero-order chi connectivity index (χ0) is 26.0. The van der Waals surface area contributed by atoms with E-state index in [1.807, 2.05) is 0 Å². The molecule has 1 heterocycles. The van der Waals surface area contributed by atoms with E-state index in [9.17, 15) is 33.7 Å². The first kappa shape index (κ1) is 24.2. The first-order valence-electron chi connectivity index (χ1n) is 10.7. The number of anilines is 1. The van der Waals surface area contributed by atoms with Gasteiger partial charge in [-0.05, 0) is 43.3 Å². The monoisotopic (exact) mass is 490 g/mol. The summed E-state index contributed by atoms with van der Waals surface area (Å²) >= 11 is 0. The number of hydrogen-bond donors (Lipinski definition) is 1. The Balaban J connectivity index is 1.70. The van der Waals surface area contributed by atoms with Gasteiger partial charge in [-0.1, -0.05) is 29.8 Å². The molecule has 1 unspecified atom stereocenters. The van der Waals surface area contributed by atoms with Crippen LogP contribution in [0.15, 0.2) is 72.8 Å². The molecule has 0 aliphatic carbocycles. The van der Waals surface area contributed by atoms with Gasteiger partial charge >= 0.3 is 0 Å². The summed E-state index contributed by atoms with van der Waals surface area (Å²) in [5, 5.41) is 11.8. The Morgan fingerprint density at radius 3 is 2.42 bits per heavy atom. The van der Waals surface area contributed by atoms with E-state index >= 15 is 0 Å². The number of non-ortho nitro benzene ring substituents is 1. The second-order valence-corrected chi connectivity index (χ2v) is 8.06. The molecule has 0 aromatic heterocycles. The Morgan fingerprint density at radius 1 is 1.03 bits per heavy atom. The molecule has 0 radical (unpaired) electrons. The van der Waals surface area contributed by atoms with E-state index in [0.717, 1.165) is 33.7 Å². The van der Waals surface area contributed by atoms with Crippen LogP contribution >= 0.6 is 0 Å². The van der Waals surface area contributed by atoms with E-state index in [1.54, 1.807) is 25.1 Å². The van der Waals surface area contributed by atoms with Crippen LogP contribution in [0.25, 0.3) is 0 Å². The van der Waals surface area contributed by atoms with Gasteiger partial charge in [-0.2, -0.15) is 0 Å². The minimum Gasteiger partial charge on any atom is -0.274 e. The molecule has 1 atom stereocenters. The average Bonchev–Trinajstić information content (AvgIpc) is 3.15. The first-order chi connectivity index (χ1) is 17.2. The van der Waals surface area contributed by atoms with E-state index in [4.69, 9.17) is 0 Å². The van der Waals surface area contributed by atoms with Crippen molar-refractivity contribution in [3.05, 3.63) is 105 Å². The van der Waals surface area contributed by atoms with Crippen LogP contribution in [-0.4, -0.2) is 39.6 Å². The minimum atomic E-state index is -1.43. The standard InChI is InChI=1S/C25H19FN4O6/c1-15-5-2-7-17(11-15)24(33)29(27-23(32)16-6-3-10-20(12-16)30(35)36)21-14-22(31)28(25(21)34)19-9-4-8-18(26)13-19/h2-13,21H,14H2,1H3,(H,27,32). The molecule has 36 heavy (non-hydrogen) atoms. The summed E-state index contributed by atoms with van der Waals surface area (Å²) in [6.45, 7) is 1.75. The molecule has 4 amide bonds. The number of halogens is 1. The minimum absolute atomic E-state index is 0.0135. The summed E-state index contributed by atoms with van der Waals surface area (Å²) in [6.07, 6.45) is -0.470. The number of rotatable bonds is 5. The molecule has 3 aromatic rings. The van der Waals surface area contributed by atoms with E-state index in [2.05, 4.69) is 5.43 Å². The van der Waals surface area contributed by atoms with Crippen molar-refractivity contribution < 1.29 is 28.5 Å². The van der Waals surface area contributed by atoms with Crippen molar-refractivity contribution in [2.75, 3.05) is 4.90 Å². The van der Waals surface area contributed by atoms with Gasteiger partial charge in [-0.15, -0.1) is 0 Å². The molecule has 182 valence electrons. The number of nitrogens with one attached hydrogen (secondary N) is 1. The number of nitro groups is 1. The van der Waals surface area contributed by atoms with Crippen molar-refractivity contribution in [1.29, 1.82) is 0 Å². The SMILES string of the molecule is Cc1cccc(C(=O)N(NC(=O)c2cccc([N+](=O)[O-])c2)C2CC(=O)N(c3cccc(F)c3)C2=O)c1. The number of nitrogens with zero attached hydrogens (tertiary/aromatic N) is 3. The number of aryl methyl sites for hydroxylation is 1. The van der Waals surface area contributed by atoms with Crippen LogP contribution in [0.5, 0.6) is 0 Å². The maximum atomic E-state index is 13.7. The van der Waals surface area contributed by atoms with Crippen molar-refractivity contribution >= 4 is 35.0 Å². The second kappa shape index (κ2) is 9.74. The topological polar surface area (TPSA) is 130 Å². The molecule has 1 saturated heterocycles. The second-order valence-electron chi connectivity index (χ2n) is 8.06. The number of benzene rings is 3. The normalized spacial score (nSPS) is 15.1. The molecule has 3 aromatic carbocycles. The van der Waals surface area contributed by atoms with Gasteiger partial charge in [0.1, 0.15) is 11.9 Å². The summed E-state index contributed by atoms with van der Waals surface area (Å²) < 4.78 is 13.7. The highest BCUT2D eigenvalue weighted by Crippen LogP contribution is 2.27. The van der Waals surface area contributed by atoms with Crippen molar-refractivity contribution in [3.8, 4) is 0 Å². The molecule has 1 N–H and O–H groups in total. The molecule has 1 aliphatic heterocycles. The predicted octanol–water partition coefficient (Wildman–Crippen LogP) is 3.16. The summed E-state index contributed by atoms with van der Waals surface area (Å²) in [5.74, 6) is -3.87. The lowest BCUT2D eigenvalue weighted by atomic mass is 10.1. The number of carbonyl (C=O) groups is 4. The predicted molar refractivity (Wildman–Crippen MR) is 125 cm³/mol. The largest absolute Gasteiger partial charge is 0.274 e. The molecule has 4 rings (SSSR count). The number of nitro benzene ring substituents is 1. The number of hydrogen-bond acceptors (Lipinski definition) is 6. The molecule has 1 aliphatic rings. The van der Waals surface area contributed by atoms with E-state index in [-0.39, 0.29) is 22.5 Å². The van der Waals surface area contributed by atoms with Crippen molar-refractivity contribution in [3.63, 3.8) is 0 Å². The summed E-state index contributed by atoms with van der Waals surface area (Å²) in [6, 6.07) is 14.6. The molecule has 11 heteroatoms. The third kappa shape index (κ3) is 4.80. The quantitative estimate of drug-likeness (QED) is 0.332. The van der Waals surface area contributed by atoms with Crippen LogP contribution in [0.1, 0.15) is 32.7 Å². The smallest absolute Gasteiger partial charge is 0.273 e. The Kier molecular flexibility index (Phi) is 6.55. The average molecular weight is 490 g/mol. The van der Waals surface area contributed by atoms with Gasteiger partial charge < -0.3 is 0 Å². The lowest BCUT2D eigenvalue weighted by molar-refractivity contribution is -0.384. The van der Waals surface area contributed by atoms with E-state index < -0.39 is 46.8 Å². The number of imide groups is 1. The number of carbonyl (C=O) groups excluding carboxylic acids is 4. The molecule has 0 bridgehead atoms. The summed E-state index contributed by atoms with van der Waals surface area (Å²) in [7, 11) is 0. The molecule has 0 saturated carbocycles. The Labute approximate surface area is 204 Å². The van der Waals surface area contributed by atoms with Crippen LogP contribution in [0, 0.1) is 22.9 Å². The van der Waals surface area contributed by atoms with Gasteiger partial charge in [0.25, 0.3) is 23.4 Å². The fourth-order valence-electron chi connectivity index (χ4n) is 3.83. The zero-order valence-corrected chi connectivity index (χ0v) is 18.9. The van der Waals surface area contributed by atoms with Crippen molar-refractivity contribution in [2.45, 2.75) is 19.4 Å². The fraction of sp³-hybridized carbons (Fsp3) is 0.120. The zero-order valence-electron chi connectivity index (χ0n) is 18.9. The van der Waals surface area contributed by atoms with Crippen LogP contribution in [0.2, 0.25) is 0 Å². The lowest BCUT2D eigenvalue weighted by Gasteiger charge is -2.28. The van der Waals surface area contributed by atoms with E-state index in [0.29, 0.717) is 0 Å². The van der Waals surface area contributed by atoms with E-state index in [1.165, 1.54) is 36.4 Å². The van der Waals surface area contributed by atoms with Gasteiger partial charge in [-0.25, -0.2) is 14.3 Å². The molecular formula is C25H19FN4O6. The Morgan fingerprint density at radius 2 is 1.72 bits per heavy atom. The first-order valence-corrected chi connectivity index (χ1v) is 10.7. The fourth-order valence-corrected chi connectivity index (χ4v) is 3.83. The van der Waals surface area contributed by atoms with Crippen LogP contribution < -0.4 is 10.3 Å². The van der Waals surface area contributed by atoms with Crippen LogP contribution in [0.4, 0.5) is 15.8 Å². The highest BCUT2D eigenvalue weighted by molar-refractivity contribution is 6.23. The molecule has 0 spiro atoms. The molecular weight excluding hydrogens is 471 g/mol. The Bertz CT molecular complexity index is 1410. The van der Waals surface area contributed by atoms with Gasteiger partial charge in [0.15, 0.2) is 0 Å². The number of amides is 4. The van der Waals surface area contributed by atoms with Gasteiger partial charge in [-0.3, -0.25) is 34.7 Å². The van der Waals surface area contributed by atoms with Gasteiger partial charge in [0.2, 0.25) is 5.91 Å². The maximum Gasteiger partial charge on any atom is 0.273 e. The van der Waals surface area contributed by atoms with Crippen LogP contribution in [-0.2, 0) is 9.59 Å². The highest BCUT2D eigenvalue weighted by Gasteiger charge is 2.45. The van der Waals surface area contributed by atoms with Gasteiger partial charge in [0.05, 0.1) is 17.0 Å². The van der Waals surface area contributed by atoms with Crippen molar-refractivity contribution in [2.24, 2.45) is 0 Å². The maximum absolute atomic E-state index is 13.7. The third-order valence-corrected chi connectivity index (χ3v) is 5.53. The van der Waals surface area contributed by atoms with Crippen molar-refractivity contribution in [1.82, 2.24) is 10.4 Å². The number of hydrazine groups is 1. The highest BCUT2D eigenvalue weighted by atomic mass is 19.1. The molecule has 10 nitrogen and oxygen atoms in total. The summed E-state index contributed by atoms with van der Waals surface area (Å²) in [4.78, 5) is 63.6. The van der Waals surface area contributed by atoms with Gasteiger partial charge in [0, 0.05) is 23.3 Å². The lowest BCUT2D eigenvalue weighted by Crippen LogP contribution is -2.54. The summed E-state index contributed by atoms with van der Waals surface area (Å²) in [5.41, 5.74) is 2.73. The van der Waals surface area contributed by atoms with Crippen LogP contribution in [0.3, 0.4) is 0 Å². The third-order valence-electron chi connectivity index (χ3n) is 5.53. The molecule has 1 fully saturated rings. The Hall–Kier alpha value is -4.93.